The topological polar surface area (TPSA) is 69.4 Å². The molecule has 0 heterocycles. The van der Waals surface area contributed by atoms with E-state index < -0.39 is 9.84 Å². The molecule has 1 rings (SSSR count). The van der Waals surface area contributed by atoms with Gasteiger partial charge in [0.1, 0.15) is 15.6 Å². The zero-order valence-electron chi connectivity index (χ0n) is 10.4. The van der Waals surface area contributed by atoms with E-state index in [1.165, 1.54) is 0 Å². The van der Waals surface area contributed by atoms with Crippen LogP contribution in [-0.2, 0) is 16.4 Å². The first-order chi connectivity index (χ1) is 8.48. The highest BCUT2D eigenvalue weighted by Crippen LogP contribution is 2.22. The first-order valence-electron chi connectivity index (χ1n) is 5.80. The Morgan fingerprint density at radius 2 is 2.11 bits per heavy atom. The normalized spacial score (nSPS) is 11.5. The van der Waals surface area contributed by atoms with Crippen LogP contribution in [-0.4, -0.2) is 26.5 Å². The molecule has 102 valence electrons. The lowest BCUT2D eigenvalue weighted by Gasteiger charge is -2.10. The second kappa shape index (κ2) is 7.11. The van der Waals surface area contributed by atoms with Crippen LogP contribution in [0.15, 0.2) is 22.7 Å². The number of rotatable bonds is 7. The fourth-order valence-corrected chi connectivity index (χ4v) is 2.71. The van der Waals surface area contributed by atoms with E-state index in [9.17, 15) is 8.42 Å². The molecule has 18 heavy (non-hydrogen) atoms. The number of benzene rings is 1. The Labute approximate surface area is 117 Å². The molecule has 0 aliphatic rings. The molecule has 6 heteroatoms. The third kappa shape index (κ3) is 4.96. The molecule has 0 amide bonds. The SMILES string of the molecule is CCS(=O)(=O)CCCOc1ccc(Br)cc1CN. The Morgan fingerprint density at radius 1 is 1.39 bits per heavy atom. The summed E-state index contributed by atoms with van der Waals surface area (Å²) in [5.41, 5.74) is 6.52. The van der Waals surface area contributed by atoms with E-state index in [-0.39, 0.29) is 11.5 Å². The van der Waals surface area contributed by atoms with Crippen molar-refractivity contribution in [3.8, 4) is 5.75 Å². The molecule has 2 N–H and O–H groups in total. The minimum absolute atomic E-state index is 0.165. The fourth-order valence-electron chi connectivity index (χ4n) is 1.45. The van der Waals surface area contributed by atoms with Crippen LogP contribution < -0.4 is 10.5 Å². The quantitative estimate of drug-likeness (QED) is 0.775. The standard InChI is InChI=1S/C12H18BrNO3S/c1-2-18(15,16)7-3-6-17-12-5-4-11(13)8-10(12)9-14/h4-5,8H,2-3,6-7,9,14H2,1H3. The average Bonchev–Trinajstić information content (AvgIpc) is 2.36. The van der Waals surface area contributed by atoms with E-state index in [1.54, 1.807) is 6.92 Å². The van der Waals surface area contributed by atoms with Gasteiger partial charge in [-0.1, -0.05) is 22.9 Å². The van der Waals surface area contributed by atoms with Gasteiger partial charge in [-0.3, -0.25) is 0 Å². The summed E-state index contributed by atoms with van der Waals surface area (Å²) in [5, 5.41) is 0. The molecule has 0 saturated carbocycles. The summed E-state index contributed by atoms with van der Waals surface area (Å²) in [7, 11) is -2.91. The maximum Gasteiger partial charge on any atom is 0.150 e. The first kappa shape index (κ1) is 15.5. The van der Waals surface area contributed by atoms with Gasteiger partial charge in [0.15, 0.2) is 0 Å². The van der Waals surface area contributed by atoms with Gasteiger partial charge in [0.2, 0.25) is 0 Å². The fraction of sp³-hybridized carbons (Fsp3) is 0.500. The second-order valence-corrected chi connectivity index (χ2v) is 7.28. The predicted octanol–water partition coefficient (Wildman–Crippen LogP) is 2.11. The van der Waals surface area contributed by atoms with E-state index in [0.717, 1.165) is 15.8 Å². The highest BCUT2D eigenvalue weighted by Gasteiger charge is 2.08. The van der Waals surface area contributed by atoms with Crippen molar-refractivity contribution in [3.05, 3.63) is 28.2 Å². The molecule has 0 spiro atoms. The summed E-state index contributed by atoms with van der Waals surface area (Å²) in [6.45, 7) is 2.42. The highest BCUT2D eigenvalue weighted by atomic mass is 79.9. The van der Waals surface area contributed by atoms with Crippen LogP contribution in [0, 0.1) is 0 Å². The molecule has 1 aromatic rings. The van der Waals surface area contributed by atoms with Gasteiger partial charge in [0, 0.05) is 22.3 Å². The number of halogens is 1. The van der Waals surface area contributed by atoms with Crippen molar-refractivity contribution in [3.63, 3.8) is 0 Å². The lowest BCUT2D eigenvalue weighted by atomic mass is 10.2. The minimum atomic E-state index is -2.91. The van der Waals surface area contributed by atoms with Gasteiger partial charge in [0.25, 0.3) is 0 Å². The van der Waals surface area contributed by atoms with Gasteiger partial charge in [-0.15, -0.1) is 0 Å². The molecule has 0 saturated heterocycles. The summed E-state index contributed by atoms with van der Waals surface area (Å²) in [6.07, 6.45) is 0.496. The minimum Gasteiger partial charge on any atom is -0.493 e. The Hall–Kier alpha value is -0.590. The Kier molecular flexibility index (Phi) is 6.11. The van der Waals surface area contributed by atoms with Crippen molar-refractivity contribution in [2.24, 2.45) is 5.73 Å². The molecule has 0 aliphatic carbocycles. The number of hydrogen-bond acceptors (Lipinski definition) is 4. The van der Waals surface area contributed by atoms with Crippen LogP contribution >= 0.6 is 15.9 Å². The van der Waals surface area contributed by atoms with Gasteiger partial charge in [-0.05, 0) is 24.6 Å². The van der Waals surface area contributed by atoms with Crippen LogP contribution in [0.2, 0.25) is 0 Å². The van der Waals surface area contributed by atoms with Crippen molar-refractivity contribution in [2.45, 2.75) is 19.9 Å². The van der Waals surface area contributed by atoms with E-state index in [2.05, 4.69) is 15.9 Å². The summed E-state index contributed by atoms with van der Waals surface area (Å²) < 4.78 is 29.1. The maximum absolute atomic E-state index is 11.3. The van der Waals surface area contributed by atoms with Gasteiger partial charge >= 0.3 is 0 Å². The molecule has 0 aliphatic heterocycles. The lowest BCUT2D eigenvalue weighted by Crippen LogP contribution is -2.12. The third-order valence-electron chi connectivity index (χ3n) is 2.54. The summed E-state index contributed by atoms with van der Waals surface area (Å²) in [5.74, 6) is 1.06. The van der Waals surface area contributed by atoms with Gasteiger partial charge in [-0.25, -0.2) is 8.42 Å². The molecule has 0 unspecified atom stereocenters. The van der Waals surface area contributed by atoms with Crippen molar-refractivity contribution in [1.82, 2.24) is 0 Å². The predicted molar refractivity (Wildman–Crippen MR) is 76.5 cm³/mol. The van der Waals surface area contributed by atoms with Gasteiger partial charge in [0.05, 0.1) is 12.4 Å². The Morgan fingerprint density at radius 3 is 2.72 bits per heavy atom. The zero-order valence-corrected chi connectivity index (χ0v) is 12.8. The smallest absolute Gasteiger partial charge is 0.150 e. The number of sulfone groups is 1. The van der Waals surface area contributed by atoms with Gasteiger partial charge in [-0.2, -0.15) is 0 Å². The highest BCUT2D eigenvalue weighted by molar-refractivity contribution is 9.10. The Bertz CT molecular complexity index is 488. The molecule has 0 radical (unpaired) electrons. The maximum atomic E-state index is 11.3. The van der Waals surface area contributed by atoms with Crippen molar-refractivity contribution >= 4 is 25.8 Å². The van der Waals surface area contributed by atoms with E-state index in [4.69, 9.17) is 10.5 Å². The molecule has 0 fully saturated rings. The van der Waals surface area contributed by atoms with Crippen molar-refractivity contribution in [2.75, 3.05) is 18.1 Å². The van der Waals surface area contributed by atoms with Crippen LogP contribution in [0.25, 0.3) is 0 Å². The second-order valence-electron chi connectivity index (χ2n) is 3.89. The van der Waals surface area contributed by atoms with Crippen LogP contribution in [0.3, 0.4) is 0 Å². The zero-order chi connectivity index (χ0) is 13.6. The Balaban J connectivity index is 2.49. The van der Waals surface area contributed by atoms with Crippen molar-refractivity contribution < 1.29 is 13.2 Å². The third-order valence-corrected chi connectivity index (χ3v) is 4.82. The van der Waals surface area contributed by atoms with E-state index in [1.807, 2.05) is 18.2 Å². The summed E-state index contributed by atoms with van der Waals surface area (Å²) in [4.78, 5) is 0. The molecule has 0 atom stereocenters. The molecular weight excluding hydrogens is 318 g/mol. The van der Waals surface area contributed by atoms with E-state index in [0.29, 0.717) is 19.6 Å². The number of nitrogens with two attached hydrogens (primary N) is 1. The average molecular weight is 336 g/mol. The molecule has 0 aromatic heterocycles. The largest absolute Gasteiger partial charge is 0.493 e. The lowest BCUT2D eigenvalue weighted by molar-refractivity contribution is 0.314. The summed E-state index contributed by atoms with van der Waals surface area (Å²) >= 11 is 3.36. The molecule has 4 nitrogen and oxygen atoms in total. The molecular formula is C12H18BrNO3S. The number of hydrogen-bond donors (Lipinski definition) is 1. The monoisotopic (exact) mass is 335 g/mol. The van der Waals surface area contributed by atoms with Crippen LogP contribution in [0.4, 0.5) is 0 Å². The van der Waals surface area contributed by atoms with Crippen LogP contribution in [0.5, 0.6) is 5.75 Å². The van der Waals surface area contributed by atoms with Gasteiger partial charge < -0.3 is 10.5 Å². The van der Waals surface area contributed by atoms with E-state index >= 15 is 0 Å². The molecule has 0 bridgehead atoms. The number of ether oxygens (including phenoxy) is 1. The molecule has 1 aromatic carbocycles. The first-order valence-corrected chi connectivity index (χ1v) is 8.41. The van der Waals surface area contributed by atoms with Crippen LogP contribution in [0.1, 0.15) is 18.9 Å². The van der Waals surface area contributed by atoms with Crippen molar-refractivity contribution in [1.29, 1.82) is 0 Å². The summed E-state index contributed by atoms with van der Waals surface area (Å²) in [6, 6.07) is 5.61.